The van der Waals surface area contributed by atoms with E-state index in [-0.39, 0.29) is 12.1 Å². The lowest BCUT2D eigenvalue weighted by Crippen LogP contribution is -2.45. The van der Waals surface area contributed by atoms with E-state index in [4.69, 9.17) is 22.1 Å². The Hall–Kier alpha value is -0.130. The van der Waals surface area contributed by atoms with Gasteiger partial charge in [-0.25, -0.2) is 0 Å². The van der Waals surface area contributed by atoms with Crippen molar-refractivity contribution < 1.29 is 4.74 Å². The summed E-state index contributed by atoms with van der Waals surface area (Å²) in [6, 6.07) is 4.59. The van der Waals surface area contributed by atoms with Gasteiger partial charge in [0.25, 0.3) is 0 Å². The van der Waals surface area contributed by atoms with E-state index < -0.39 is 0 Å². The van der Waals surface area contributed by atoms with Crippen LogP contribution in [0.4, 0.5) is 0 Å². The highest BCUT2D eigenvalue weighted by Gasteiger charge is 2.27. The molecule has 0 bridgehead atoms. The van der Waals surface area contributed by atoms with E-state index in [2.05, 4.69) is 24.8 Å². The van der Waals surface area contributed by atoms with Gasteiger partial charge in [-0.3, -0.25) is 4.90 Å². The smallest absolute Gasteiger partial charge is 0.0931 e. The molecule has 1 rings (SSSR count). The molecular weight excluding hydrogens is 268 g/mol. The Balaban J connectivity index is 2.95. The van der Waals surface area contributed by atoms with Gasteiger partial charge in [0, 0.05) is 24.1 Å². The zero-order chi connectivity index (χ0) is 13.7. The van der Waals surface area contributed by atoms with Crippen LogP contribution in [0.1, 0.15) is 31.7 Å². The number of likely N-dealkylation sites (N-methyl/N-ethyl adjacent to an activating group) is 1. The summed E-state index contributed by atoms with van der Waals surface area (Å²) in [5.74, 6) is 0. The number of thiophene rings is 1. The summed E-state index contributed by atoms with van der Waals surface area (Å²) >= 11 is 7.64. The number of methoxy groups -OCH3 is 1. The third-order valence-electron chi connectivity index (χ3n) is 3.08. The zero-order valence-electron chi connectivity index (χ0n) is 11.5. The molecule has 3 unspecified atom stereocenters. The van der Waals surface area contributed by atoms with E-state index in [1.54, 1.807) is 18.4 Å². The first-order valence-electron chi connectivity index (χ1n) is 6.26. The van der Waals surface area contributed by atoms with Crippen molar-refractivity contribution in [3.8, 4) is 0 Å². The lowest BCUT2D eigenvalue weighted by molar-refractivity contribution is 0.0666. The molecule has 0 spiro atoms. The highest BCUT2D eigenvalue weighted by molar-refractivity contribution is 7.16. The first-order valence-corrected chi connectivity index (χ1v) is 7.46. The molecule has 0 aliphatic heterocycles. The topological polar surface area (TPSA) is 38.5 Å². The molecule has 0 fully saturated rings. The Labute approximate surface area is 119 Å². The minimum Gasteiger partial charge on any atom is -0.383 e. The summed E-state index contributed by atoms with van der Waals surface area (Å²) < 4.78 is 6.06. The highest BCUT2D eigenvalue weighted by atomic mass is 35.5. The van der Waals surface area contributed by atoms with Crippen molar-refractivity contribution in [1.29, 1.82) is 0 Å². The molecular formula is C13H23ClN2OS. The lowest BCUT2D eigenvalue weighted by atomic mass is 10.0. The summed E-state index contributed by atoms with van der Waals surface area (Å²) in [6.45, 7) is 8.00. The van der Waals surface area contributed by atoms with Crippen molar-refractivity contribution in [3.63, 3.8) is 0 Å². The minimum atomic E-state index is 0.0546. The van der Waals surface area contributed by atoms with Crippen molar-refractivity contribution in [1.82, 2.24) is 4.90 Å². The number of hydrogen-bond acceptors (Lipinski definition) is 4. The quantitative estimate of drug-likeness (QED) is 0.838. The molecule has 0 aromatic carbocycles. The van der Waals surface area contributed by atoms with E-state index in [1.165, 1.54) is 4.88 Å². The van der Waals surface area contributed by atoms with Crippen LogP contribution in [0.5, 0.6) is 0 Å². The molecule has 2 N–H and O–H groups in total. The SMILES string of the molecule is CCN(C(C)COC)C(c1ccc(Cl)s1)C(C)N. The molecule has 3 atom stereocenters. The van der Waals surface area contributed by atoms with Gasteiger partial charge in [-0.05, 0) is 32.5 Å². The van der Waals surface area contributed by atoms with Crippen LogP contribution in [0.2, 0.25) is 4.34 Å². The van der Waals surface area contributed by atoms with E-state index >= 15 is 0 Å². The number of halogens is 1. The molecule has 1 heterocycles. The van der Waals surface area contributed by atoms with Crippen molar-refractivity contribution in [2.75, 3.05) is 20.3 Å². The van der Waals surface area contributed by atoms with E-state index in [0.717, 1.165) is 10.9 Å². The molecule has 1 aromatic heterocycles. The van der Waals surface area contributed by atoms with Crippen LogP contribution in [0.25, 0.3) is 0 Å². The number of ether oxygens (including phenoxy) is 1. The second-order valence-electron chi connectivity index (χ2n) is 4.58. The Morgan fingerprint density at radius 2 is 2.11 bits per heavy atom. The van der Waals surface area contributed by atoms with E-state index in [0.29, 0.717) is 12.6 Å². The Bertz CT molecular complexity index is 357. The third-order valence-corrected chi connectivity index (χ3v) is 4.38. The number of rotatable bonds is 7. The first-order chi connectivity index (χ1) is 8.51. The predicted octanol–water partition coefficient (Wildman–Crippen LogP) is 3.15. The summed E-state index contributed by atoms with van der Waals surface area (Å²) in [6.07, 6.45) is 0. The van der Waals surface area contributed by atoms with Gasteiger partial charge in [-0.15, -0.1) is 11.3 Å². The van der Waals surface area contributed by atoms with Crippen molar-refractivity contribution in [3.05, 3.63) is 21.3 Å². The molecule has 18 heavy (non-hydrogen) atoms. The lowest BCUT2D eigenvalue weighted by Gasteiger charge is -2.37. The third kappa shape index (κ3) is 3.93. The fourth-order valence-corrected chi connectivity index (χ4v) is 3.63. The standard InChI is InChI=1S/C13H23ClN2OS/c1-5-16(9(2)8-17-4)13(10(3)15)11-6-7-12(14)18-11/h6-7,9-10,13H,5,8,15H2,1-4H3. The molecule has 0 radical (unpaired) electrons. The van der Waals surface area contributed by atoms with Gasteiger partial charge >= 0.3 is 0 Å². The van der Waals surface area contributed by atoms with E-state index in [9.17, 15) is 0 Å². The normalized spacial score (nSPS) is 16.8. The van der Waals surface area contributed by atoms with Crippen LogP contribution in [-0.2, 0) is 4.74 Å². The fraction of sp³-hybridized carbons (Fsp3) is 0.692. The van der Waals surface area contributed by atoms with Gasteiger partial charge in [0.2, 0.25) is 0 Å². The maximum Gasteiger partial charge on any atom is 0.0931 e. The largest absolute Gasteiger partial charge is 0.383 e. The average molecular weight is 291 g/mol. The Morgan fingerprint density at radius 3 is 2.50 bits per heavy atom. The van der Waals surface area contributed by atoms with Gasteiger partial charge in [0.05, 0.1) is 17.0 Å². The molecule has 3 nitrogen and oxygen atoms in total. The second kappa shape index (κ2) is 7.46. The van der Waals surface area contributed by atoms with Crippen LogP contribution >= 0.6 is 22.9 Å². The first kappa shape index (κ1) is 15.9. The molecule has 104 valence electrons. The van der Waals surface area contributed by atoms with Crippen LogP contribution in [-0.4, -0.2) is 37.2 Å². The Kier molecular flexibility index (Phi) is 6.60. The maximum absolute atomic E-state index is 6.17. The second-order valence-corrected chi connectivity index (χ2v) is 6.33. The molecule has 5 heteroatoms. The van der Waals surface area contributed by atoms with Crippen molar-refractivity contribution in [2.24, 2.45) is 5.73 Å². The van der Waals surface area contributed by atoms with Gasteiger partial charge in [0.1, 0.15) is 0 Å². The van der Waals surface area contributed by atoms with Crippen LogP contribution in [0.15, 0.2) is 12.1 Å². The van der Waals surface area contributed by atoms with Gasteiger partial charge < -0.3 is 10.5 Å². The van der Waals surface area contributed by atoms with Crippen molar-refractivity contribution in [2.45, 2.75) is 38.9 Å². The molecule has 0 amide bonds. The summed E-state index contributed by atoms with van der Waals surface area (Å²) in [5, 5.41) is 0. The maximum atomic E-state index is 6.17. The number of nitrogens with zero attached hydrogens (tertiary/aromatic N) is 1. The Morgan fingerprint density at radius 1 is 1.44 bits per heavy atom. The number of hydrogen-bond donors (Lipinski definition) is 1. The number of nitrogens with two attached hydrogens (primary N) is 1. The molecule has 0 aliphatic carbocycles. The molecule has 0 aliphatic rings. The summed E-state index contributed by atoms with van der Waals surface area (Å²) in [4.78, 5) is 3.59. The van der Waals surface area contributed by atoms with Crippen LogP contribution in [0.3, 0.4) is 0 Å². The fourth-order valence-electron chi connectivity index (χ4n) is 2.33. The molecule has 0 saturated carbocycles. The van der Waals surface area contributed by atoms with Crippen molar-refractivity contribution >= 4 is 22.9 Å². The van der Waals surface area contributed by atoms with Crippen LogP contribution < -0.4 is 5.73 Å². The molecule has 0 saturated heterocycles. The zero-order valence-corrected chi connectivity index (χ0v) is 13.1. The predicted molar refractivity (Wildman–Crippen MR) is 79.4 cm³/mol. The van der Waals surface area contributed by atoms with Gasteiger partial charge in [-0.1, -0.05) is 18.5 Å². The summed E-state index contributed by atoms with van der Waals surface area (Å²) in [5.41, 5.74) is 6.17. The monoisotopic (exact) mass is 290 g/mol. The van der Waals surface area contributed by atoms with E-state index in [1.807, 2.05) is 13.0 Å². The van der Waals surface area contributed by atoms with Gasteiger partial charge in [0.15, 0.2) is 0 Å². The van der Waals surface area contributed by atoms with Crippen LogP contribution in [0, 0.1) is 0 Å². The molecule has 1 aromatic rings. The highest BCUT2D eigenvalue weighted by Crippen LogP contribution is 2.33. The minimum absolute atomic E-state index is 0.0546. The average Bonchev–Trinajstić information content (AvgIpc) is 2.71. The summed E-state index contributed by atoms with van der Waals surface area (Å²) in [7, 11) is 1.73. The van der Waals surface area contributed by atoms with Gasteiger partial charge in [-0.2, -0.15) is 0 Å².